The van der Waals surface area contributed by atoms with Gasteiger partial charge in [0, 0.05) is 13.6 Å². The average Bonchev–Trinajstić information content (AvgIpc) is 1.98. The van der Waals surface area contributed by atoms with Gasteiger partial charge < -0.3 is 10.0 Å². The lowest BCUT2D eigenvalue weighted by molar-refractivity contribution is -0.148. The van der Waals surface area contributed by atoms with E-state index in [1.807, 2.05) is 13.8 Å². The van der Waals surface area contributed by atoms with Gasteiger partial charge in [-0.2, -0.15) is 0 Å². The molecule has 0 aromatic heterocycles. The first kappa shape index (κ1) is 13.9. The third-order valence-electron chi connectivity index (χ3n) is 2.16. The number of rotatable bonds is 5. The predicted molar refractivity (Wildman–Crippen MR) is 58.5 cm³/mol. The summed E-state index contributed by atoms with van der Waals surface area (Å²) < 4.78 is 0. The second-order valence-electron chi connectivity index (χ2n) is 5.03. The van der Waals surface area contributed by atoms with Crippen LogP contribution in [0.3, 0.4) is 0 Å². The molecule has 88 valence electrons. The predicted octanol–water partition coefficient (Wildman–Crippen LogP) is 1.60. The van der Waals surface area contributed by atoms with Gasteiger partial charge in [-0.15, -0.1) is 0 Å². The number of carboxylic acid groups (broad SMARTS) is 1. The number of carbonyl (C=O) groups is 2. The fourth-order valence-corrected chi connectivity index (χ4v) is 1.60. The van der Waals surface area contributed by atoms with E-state index in [0.29, 0.717) is 12.5 Å². The monoisotopic (exact) mass is 215 g/mol. The number of hydrogen-bond donors (Lipinski definition) is 1. The van der Waals surface area contributed by atoms with Crippen LogP contribution < -0.4 is 0 Å². The lowest BCUT2D eigenvalue weighted by Gasteiger charge is -2.29. The molecule has 0 heterocycles. The van der Waals surface area contributed by atoms with Crippen LogP contribution in [0.1, 0.15) is 34.1 Å². The molecule has 0 saturated carbocycles. The fraction of sp³-hybridized carbons (Fsp3) is 0.818. The summed E-state index contributed by atoms with van der Waals surface area (Å²) in [6.07, 6.45) is -0.131. The van der Waals surface area contributed by atoms with Gasteiger partial charge in [0.05, 0.1) is 11.8 Å². The number of amides is 1. The maximum atomic E-state index is 11.9. The van der Waals surface area contributed by atoms with Gasteiger partial charge in [-0.3, -0.25) is 9.59 Å². The van der Waals surface area contributed by atoms with Crippen molar-refractivity contribution in [2.75, 3.05) is 13.6 Å². The molecule has 1 N–H and O–H groups in total. The van der Waals surface area contributed by atoms with E-state index in [1.54, 1.807) is 25.8 Å². The zero-order valence-corrected chi connectivity index (χ0v) is 10.2. The van der Waals surface area contributed by atoms with Gasteiger partial charge in [-0.1, -0.05) is 27.7 Å². The van der Waals surface area contributed by atoms with Gasteiger partial charge in [0.1, 0.15) is 0 Å². The van der Waals surface area contributed by atoms with Crippen LogP contribution in [0, 0.1) is 11.3 Å². The van der Waals surface area contributed by atoms with Gasteiger partial charge in [-0.25, -0.2) is 0 Å². The van der Waals surface area contributed by atoms with Gasteiger partial charge in [0.15, 0.2) is 0 Å². The molecule has 0 rings (SSSR count). The number of carbonyl (C=O) groups excluding carboxylic acids is 1. The molecule has 0 aliphatic heterocycles. The smallest absolute Gasteiger partial charge is 0.304 e. The summed E-state index contributed by atoms with van der Waals surface area (Å²) in [6.45, 7) is 8.03. The van der Waals surface area contributed by atoms with Crippen molar-refractivity contribution < 1.29 is 14.7 Å². The summed E-state index contributed by atoms with van der Waals surface area (Å²) >= 11 is 0. The van der Waals surface area contributed by atoms with Crippen molar-refractivity contribution in [3.05, 3.63) is 0 Å². The lowest BCUT2D eigenvalue weighted by atomic mass is 9.87. The van der Waals surface area contributed by atoms with Gasteiger partial charge in [-0.05, 0) is 5.92 Å². The minimum atomic E-state index is -0.939. The van der Waals surface area contributed by atoms with Crippen LogP contribution in [0.25, 0.3) is 0 Å². The number of nitrogens with zero attached hydrogens (tertiary/aromatic N) is 1. The van der Waals surface area contributed by atoms with Crippen molar-refractivity contribution in [1.29, 1.82) is 0 Å². The highest BCUT2D eigenvalue weighted by atomic mass is 16.4. The van der Waals surface area contributed by atoms with Gasteiger partial charge in [0.2, 0.25) is 5.91 Å². The molecule has 0 atom stereocenters. The lowest BCUT2D eigenvalue weighted by Crippen LogP contribution is -2.41. The van der Waals surface area contributed by atoms with E-state index in [1.165, 1.54) is 0 Å². The Kier molecular flexibility index (Phi) is 4.78. The summed E-state index contributed by atoms with van der Waals surface area (Å²) in [6, 6.07) is 0. The number of carboxylic acids is 1. The topological polar surface area (TPSA) is 57.6 Å². The maximum absolute atomic E-state index is 11.9. The van der Waals surface area contributed by atoms with E-state index in [2.05, 4.69) is 0 Å². The molecule has 0 saturated heterocycles. The molecular weight excluding hydrogens is 194 g/mol. The fourth-order valence-electron chi connectivity index (χ4n) is 1.60. The number of hydrogen-bond acceptors (Lipinski definition) is 2. The Morgan fingerprint density at radius 1 is 1.33 bits per heavy atom. The Hall–Kier alpha value is -1.06. The van der Waals surface area contributed by atoms with E-state index in [9.17, 15) is 9.59 Å². The van der Waals surface area contributed by atoms with Gasteiger partial charge >= 0.3 is 5.97 Å². The molecule has 4 nitrogen and oxygen atoms in total. The average molecular weight is 215 g/mol. The van der Waals surface area contributed by atoms with Crippen LogP contribution in [0.2, 0.25) is 0 Å². The Labute approximate surface area is 91.3 Å². The van der Waals surface area contributed by atoms with Crippen molar-refractivity contribution in [1.82, 2.24) is 4.90 Å². The molecule has 0 bridgehead atoms. The minimum absolute atomic E-state index is 0.112. The van der Waals surface area contributed by atoms with Crippen molar-refractivity contribution in [3.8, 4) is 0 Å². The minimum Gasteiger partial charge on any atom is -0.481 e. The summed E-state index contributed by atoms with van der Waals surface area (Å²) in [5.41, 5.74) is -0.824. The summed E-state index contributed by atoms with van der Waals surface area (Å²) in [5.74, 6) is -0.663. The molecule has 0 spiro atoms. The van der Waals surface area contributed by atoms with Crippen molar-refractivity contribution in [2.45, 2.75) is 34.1 Å². The van der Waals surface area contributed by atoms with Crippen LogP contribution in [-0.2, 0) is 9.59 Å². The summed E-state index contributed by atoms with van der Waals surface area (Å²) in [4.78, 5) is 24.1. The van der Waals surface area contributed by atoms with E-state index >= 15 is 0 Å². The van der Waals surface area contributed by atoms with Crippen LogP contribution in [0.15, 0.2) is 0 Å². The Morgan fingerprint density at radius 2 is 1.80 bits per heavy atom. The Morgan fingerprint density at radius 3 is 2.13 bits per heavy atom. The normalized spacial score (nSPS) is 11.6. The molecule has 0 aliphatic rings. The summed E-state index contributed by atoms with van der Waals surface area (Å²) in [5, 5.41) is 8.69. The highest BCUT2D eigenvalue weighted by Gasteiger charge is 2.32. The largest absolute Gasteiger partial charge is 0.481 e. The standard InChI is InChI=1S/C11H21NO3/c1-8(2)7-12(5)10(15)11(3,4)6-9(13)14/h8H,6-7H2,1-5H3,(H,13,14). The molecule has 1 amide bonds. The maximum Gasteiger partial charge on any atom is 0.304 e. The Balaban J connectivity index is 4.47. The molecule has 0 radical (unpaired) electrons. The third-order valence-corrected chi connectivity index (χ3v) is 2.16. The second kappa shape index (κ2) is 5.14. The number of aliphatic carboxylic acids is 1. The van der Waals surface area contributed by atoms with Crippen molar-refractivity contribution >= 4 is 11.9 Å². The Bertz CT molecular complexity index is 246. The van der Waals surface area contributed by atoms with E-state index < -0.39 is 11.4 Å². The highest BCUT2D eigenvalue weighted by molar-refractivity contribution is 5.86. The second-order valence-corrected chi connectivity index (χ2v) is 5.03. The zero-order valence-electron chi connectivity index (χ0n) is 10.2. The molecule has 15 heavy (non-hydrogen) atoms. The molecular formula is C11H21NO3. The molecule has 0 fully saturated rings. The van der Waals surface area contributed by atoms with E-state index in [-0.39, 0.29) is 12.3 Å². The van der Waals surface area contributed by atoms with Crippen molar-refractivity contribution in [2.24, 2.45) is 11.3 Å². The van der Waals surface area contributed by atoms with Crippen molar-refractivity contribution in [3.63, 3.8) is 0 Å². The quantitative estimate of drug-likeness (QED) is 0.757. The van der Waals surface area contributed by atoms with E-state index in [0.717, 1.165) is 0 Å². The first-order chi connectivity index (χ1) is 6.66. The third kappa shape index (κ3) is 4.81. The SMILES string of the molecule is CC(C)CN(C)C(=O)C(C)(C)CC(=O)O. The van der Waals surface area contributed by atoms with E-state index in [4.69, 9.17) is 5.11 Å². The first-order valence-electron chi connectivity index (χ1n) is 5.14. The molecule has 4 heteroatoms. The molecule has 0 aromatic carbocycles. The first-order valence-corrected chi connectivity index (χ1v) is 5.14. The zero-order chi connectivity index (χ0) is 12.2. The summed E-state index contributed by atoms with van der Waals surface area (Å²) in [7, 11) is 1.71. The molecule has 0 aromatic rings. The molecule has 0 aliphatic carbocycles. The molecule has 0 unspecified atom stereocenters. The van der Waals surface area contributed by atoms with Gasteiger partial charge in [0.25, 0.3) is 0 Å². The van der Waals surface area contributed by atoms with Crippen LogP contribution in [0.4, 0.5) is 0 Å². The highest BCUT2D eigenvalue weighted by Crippen LogP contribution is 2.23. The van der Waals surface area contributed by atoms with Crippen LogP contribution in [-0.4, -0.2) is 35.5 Å². The van der Waals surface area contributed by atoms with Crippen LogP contribution in [0.5, 0.6) is 0 Å². The van der Waals surface area contributed by atoms with Crippen LogP contribution >= 0.6 is 0 Å².